The van der Waals surface area contributed by atoms with E-state index < -0.39 is 0 Å². The van der Waals surface area contributed by atoms with Gasteiger partial charge in [0.2, 0.25) is 0 Å². The number of rotatable bonds is 6. The van der Waals surface area contributed by atoms with Gasteiger partial charge in [-0.3, -0.25) is 4.79 Å². The summed E-state index contributed by atoms with van der Waals surface area (Å²) in [6, 6.07) is 18.0. The first kappa shape index (κ1) is 19.5. The van der Waals surface area contributed by atoms with Crippen LogP contribution in [0.25, 0.3) is 11.4 Å². The molecule has 1 heterocycles. The van der Waals surface area contributed by atoms with E-state index in [1.165, 1.54) is 0 Å². The van der Waals surface area contributed by atoms with E-state index in [1.54, 1.807) is 6.20 Å². The topological polar surface area (TPSA) is 58.1 Å². The van der Waals surface area contributed by atoms with Gasteiger partial charge in [-0.05, 0) is 45.4 Å². The number of carbonyl (C=O) groups excluding carboxylic acids is 1. The summed E-state index contributed by atoms with van der Waals surface area (Å²) in [5.74, 6) is 1.04. The van der Waals surface area contributed by atoms with Crippen LogP contribution < -0.4 is 10.2 Å². The fraction of sp³-hybridized carbons (Fsp3) is 0.261. The molecule has 1 amide bonds. The molecule has 5 heteroatoms. The minimum Gasteiger partial charge on any atom is -0.350 e. The molecular formula is C23H26N4O. The minimum atomic E-state index is -0.171. The van der Waals surface area contributed by atoms with E-state index in [2.05, 4.69) is 41.2 Å². The molecule has 5 nitrogen and oxygen atoms in total. The molecule has 0 unspecified atom stereocenters. The van der Waals surface area contributed by atoms with Crippen molar-refractivity contribution in [3.05, 3.63) is 71.9 Å². The molecule has 0 atom stereocenters. The third kappa shape index (κ3) is 4.36. The van der Waals surface area contributed by atoms with Crippen LogP contribution in [0.4, 0.5) is 11.5 Å². The zero-order valence-electron chi connectivity index (χ0n) is 16.8. The summed E-state index contributed by atoms with van der Waals surface area (Å²) >= 11 is 0. The number of aryl methyl sites for hydroxylation is 1. The lowest BCUT2D eigenvalue weighted by Gasteiger charge is -2.25. The number of nitrogens with one attached hydrogen (secondary N) is 1. The molecule has 0 spiro atoms. The van der Waals surface area contributed by atoms with Crippen molar-refractivity contribution in [3.63, 3.8) is 0 Å². The molecule has 1 aromatic heterocycles. The van der Waals surface area contributed by atoms with Crippen molar-refractivity contribution in [3.8, 4) is 11.4 Å². The van der Waals surface area contributed by atoms with Crippen LogP contribution in [0.3, 0.4) is 0 Å². The molecule has 28 heavy (non-hydrogen) atoms. The summed E-state index contributed by atoms with van der Waals surface area (Å²) in [4.78, 5) is 24.1. The predicted octanol–water partition coefficient (Wildman–Crippen LogP) is 4.75. The van der Waals surface area contributed by atoms with Gasteiger partial charge in [0.1, 0.15) is 11.4 Å². The minimum absolute atomic E-state index is 0.0307. The molecule has 0 radical (unpaired) electrons. The third-order valence-corrected chi connectivity index (χ3v) is 4.35. The van der Waals surface area contributed by atoms with E-state index in [0.29, 0.717) is 23.8 Å². The van der Waals surface area contributed by atoms with Gasteiger partial charge in [-0.2, -0.15) is 0 Å². The van der Waals surface area contributed by atoms with Gasteiger partial charge < -0.3 is 10.2 Å². The molecule has 0 saturated heterocycles. The highest BCUT2D eigenvalue weighted by molar-refractivity contribution is 5.99. The maximum Gasteiger partial charge on any atom is 0.256 e. The molecule has 3 aromatic rings. The molecule has 2 aromatic carbocycles. The Balaban J connectivity index is 2.14. The van der Waals surface area contributed by atoms with E-state index in [9.17, 15) is 4.79 Å². The average molecular weight is 374 g/mol. The highest BCUT2D eigenvalue weighted by atomic mass is 16.1. The number of anilines is 2. The van der Waals surface area contributed by atoms with Crippen molar-refractivity contribution >= 4 is 17.4 Å². The largest absolute Gasteiger partial charge is 0.350 e. The molecule has 0 aliphatic heterocycles. The van der Waals surface area contributed by atoms with Crippen molar-refractivity contribution in [2.45, 2.75) is 33.7 Å². The van der Waals surface area contributed by atoms with Gasteiger partial charge in [0.25, 0.3) is 5.91 Å². The van der Waals surface area contributed by atoms with Gasteiger partial charge >= 0.3 is 0 Å². The first-order valence-electron chi connectivity index (χ1n) is 9.57. The average Bonchev–Trinajstić information content (AvgIpc) is 2.69. The van der Waals surface area contributed by atoms with Gasteiger partial charge in [-0.1, -0.05) is 42.5 Å². The number of nitrogens with zero attached hydrogens (tertiary/aromatic N) is 3. The molecule has 0 bridgehead atoms. The first-order chi connectivity index (χ1) is 13.5. The Hall–Kier alpha value is -3.21. The van der Waals surface area contributed by atoms with Gasteiger partial charge in [0, 0.05) is 30.0 Å². The lowest BCUT2D eigenvalue weighted by molar-refractivity contribution is 0.0943. The van der Waals surface area contributed by atoms with E-state index >= 15 is 0 Å². The Kier molecular flexibility index (Phi) is 6.04. The Labute approximate surface area is 166 Å². The number of amides is 1. The summed E-state index contributed by atoms with van der Waals surface area (Å²) in [6.45, 7) is 8.66. The second-order valence-electron chi connectivity index (χ2n) is 7.01. The predicted molar refractivity (Wildman–Crippen MR) is 114 cm³/mol. The summed E-state index contributed by atoms with van der Waals surface area (Å²) in [5, 5.41) is 2.95. The highest BCUT2D eigenvalue weighted by Gasteiger charge is 2.21. The van der Waals surface area contributed by atoms with Crippen LogP contribution in [0.15, 0.2) is 60.8 Å². The van der Waals surface area contributed by atoms with Crippen LogP contribution in [0.2, 0.25) is 0 Å². The standard InChI is InChI=1S/C23H26N4O/c1-5-27(19-13-9-10-17(4)14-19)22-20(23(28)25-16(2)3)15-24-21(26-22)18-11-7-6-8-12-18/h6-16H,5H2,1-4H3,(H,25,28). The fourth-order valence-electron chi connectivity index (χ4n) is 3.06. The molecule has 3 rings (SSSR count). The molecule has 0 saturated carbocycles. The summed E-state index contributed by atoms with van der Waals surface area (Å²) < 4.78 is 0. The monoisotopic (exact) mass is 374 g/mol. The van der Waals surface area contributed by atoms with Crippen LogP contribution in [0, 0.1) is 6.92 Å². The number of benzene rings is 2. The van der Waals surface area contributed by atoms with E-state index in [-0.39, 0.29) is 11.9 Å². The highest BCUT2D eigenvalue weighted by Crippen LogP contribution is 2.29. The molecule has 0 fully saturated rings. The van der Waals surface area contributed by atoms with Crippen LogP contribution in [-0.2, 0) is 0 Å². The van der Waals surface area contributed by atoms with Crippen molar-refractivity contribution < 1.29 is 4.79 Å². The molecule has 0 aliphatic carbocycles. The van der Waals surface area contributed by atoms with E-state index in [0.717, 1.165) is 16.8 Å². The number of aromatic nitrogens is 2. The number of carbonyl (C=O) groups is 1. The maximum atomic E-state index is 12.8. The lowest BCUT2D eigenvalue weighted by atomic mass is 10.1. The third-order valence-electron chi connectivity index (χ3n) is 4.35. The first-order valence-corrected chi connectivity index (χ1v) is 9.57. The van der Waals surface area contributed by atoms with Gasteiger partial charge in [-0.15, -0.1) is 0 Å². The SMILES string of the molecule is CCN(c1cccc(C)c1)c1nc(-c2ccccc2)ncc1C(=O)NC(C)C. The second-order valence-corrected chi connectivity index (χ2v) is 7.01. The number of hydrogen-bond acceptors (Lipinski definition) is 4. The summed E-state index contributed by atoms with van der Waals surface area (Å²) in [7, 11) is 0. The number of hydrogen-bond donors (Lipinski definition) is 1. The quantitative estimate of drug-likeness (QED) is 0.676. The Morgan fingerprint density at radius 3 is 2.50 bits per heavy atom. The Morgan fingerprint density at radius 2 is 1.86 bits per heavy atom. The Bertz CT molecular complexity index is 954. The maximum absolute atomic E-state index is 12.8. The van der Waals surface area contributed by atoms with E-state index in [1.807, 2.05) is 56.3 Å². The fourth-order valence-corrected chi connectivity index (χ4v) is 3.06. The zero-order valence-corrected chi connectivity index (χ0v) is 16.8. The van der Waals surface area contributed by atoms with Gasteiger partial charge in [0.05, 0.1) is 0 Å². The van der Waals surface area contributed by atoms with Crippen molar-refractivity contribution in [2.24, 2.45) is 0 Å². The smallest absolute Gasteiger partial charge is 0.256 e. The van der Waals surface area contributed by atoms with Crippen LogP contribution in [0.5, 0.6) is 0 Å². The van der Waals surface area contributed by atoms with E-state index in [4.69, 9.17) is 4.98 Å². The lowest BCUT2D eigenvalue weighted by Crippen LogP contribution is -2.32. The van der Waals surface area contributed by atoms with Crippen molar-refractivity contribution in [1.29, 1.82) is 0 Å². The van der Waals surface area contributed by atoms with Gasteiger partial charge in [0.15, 0.2) is 5.82 Å². The summed E-state index contributed by atoms with van der Waals surface area (Å²) in [6.07, 6.45) is 1.63. The molecule has 0 aliphatic rings. The van der Waals surface area contributed by atoms with Crippen LogP contribution in [-0.4, -0.2) is 28.5 Å². The normalized spacial score (nSPS) is 10.8. The Morgan fingerprint density at radius 1 is 1.11 bits per heavy atom. The molecular weight excluding hydrogens is 348 g/mol. The summed E-state index contributed by atoms with van der Waals surface area (Å²) in [5.41, 5.74) is 3.54. The molecule has 1 N–H and O–H groups in total. The van der Waals surface area contributed by atoms with Crippen LogP contribution in [0.1, 0.15) is 36.7 Å². The zero-order chi connectivity index (χ0) is 20.1. The second kappa shape index (κ2) is 8.65. The van der Waals surface area contributed by atoms with Crippen molar-refractivity contribution in [1.82, 2.24) is 15.3 Å². The van der Waals surface area contributed by atoms with Crippen LogP contribution >= 0.6 is 0 Å². The molecule has 144 valence electrons. The van der Waals surface area contributed by atoms with Crippen molar-refractivity contribution in [2.75, 3.05) is 11.4 Å². The van der Waals surface area contributed by atoms with Gasteiger partial charge in [-0.25, -0.2) is 9.97 Å².